The maximum absolute atomic E-state index is 13.8. The number of carboxylic acid groups (broad SMARTS) is 1. The molecule has 0 spiro atoms. The van der Waals surface area contributed by atoms with Crippen LogP contribution in [0.15, 0.2) is 21.1 Å². The molecule has 1 heterocycles. The van der Waals surface area contributed by atoms with Gasteiger partial charge < -0.3 is 9.63 Å². The summed E-state index contributed by atoms with van der Waals surface area (Å²) in [7, 11) is 0. The van der Waals surface area contributed by atoms with Gasteiger partial charge in [0, 0.05) is 4.47 Å². The number of aromatic nitrogens is 1. The summed E-state index contributed by atoms with van der Waals surface area (Å²) in [5.41, 5.74) is -0.305. The number of carboxylic acids is 1. The Morgan fingerprint density at radius 1 is 1.56 bits per heavy atom. The van der Waals surface area contributed by atoms with E-state index in [9.17, 15) is 9.18 Å². The molecule has 0 amide bonds. The predicted octanol–water partition coefficient (Wildman–Crippen LogP) is 3.90. The zero-order valence-corrected chi connectivity index (χ0v) is 11.3. The molecule has 0 radical (unpaired) electrons. The second kappa shape index (κ2) is 4.70. The smallest absolute Gasteiger partial charge is 0.341 e. The van der Waals surface area contributed by atoms with E-state index in [1.165, 1.54) is 13.0 Å². The number of carbonyl (C=O) groups is 1. The largest absolute Gasteiger partial charge is 0.477 e. The molecule has 1 aromatic carbocycles. The molecule has 0 saturated heterocycles. The Morgan fingerprint density at radius 3 is 2.83 bits per heavy atom. The highest BCUT2D eigenvalue weighted by atomic mass is 79.9. The number of aryl methyl sites for hydroxylation is 1. The number of hydrogen-bond acceptors (Lipinski definition) is 3. The third-order valence-electron chi connectivity index (χ3n) is 2.36. The Kier molecular flexibility index (Phi) is 3.41. The summed E-state index contributed by atoms with van der Waals surface area (Å²) in [6.07, 6.45) is 0. The van der Waals surface area contributed by atoms with Crippen LogP contribution in [0.5, 0.6) is 0 Å². The van der Waals surface area contributed by atoms with Gasteiger partial charge in [0.1, 0.15) is 22.8 Å². The van der Waals surface area contributed by atoms with E-state index in [0.29, 0.717) is 0 Å². The summed E-state index contributed by atoms with van der Waals surface area (Å²) in [6.45, 7) is 1.44. The van der Waals surface area contributed by atoms with Crippen LogP contribution >= 0.6 is 27.5 Å². The molecule has 1 N–H and O–H groups in total. The molecule has 0 aliphatic heterocycles. The number of halogens is 3. The maximum Gasteiger partial charge on any atom is 0.341 e. The van der Waals surface area contributed by atoms with Gasteiger partial charge in [-0.25, -0.2) is 9.18 Å². The Labute approximate surface area is 114 Å². The average molecular weight is 335 g/mol. The van der Waals surface area contributed by atoms with Crippen LogP contribution in [0.25, 0.3) is 11.3 Å². The van der Waals surface area contributed by atoms with Gasteiger partial charge in [-0.1, -0.05) is 16.8 Å². The van der Waals surface area contributed by atoms with E-state index in [2.05, 4.69) is 21.1 Å². The first-order chi connectivity index (χ1) is 8.43. The molecule has 2 aromatic rings. The highest BCUT2D eigenvalue weighted by Crippen LogP contribution is 2.37. The molecule has 0 aliphatic carbocycles. The highest BCUT2D eigenvalue weighted by Gasteiger charge is 2.25. The van der Waals surface area contributed by atoms with Crippen molar-refractivity contribution in [3.8, 4) is 11.3 Å². The first-order valence-corrected chi connectivity index (χ1v) is 5.94. The number of nitrogens with zero attached hydrogens (tertiary/aromatic N) is 1. The van der Waals surface area contributed by atoms with Crippen LogP contribution in [0.4, 0.5) is 4.39 Å². The fourth-order valence-corrected chi connectivity index (χ4v) is 2.21. The third-order valence-corrected chi connectivity index (χ3v) is 3.72. The van der Waals surface area contributed by atoms with Crippen LogP contribution in [0.2, 0.25) is 5.02 Å². The van der Waals surface area contributed by atoms with Crippen molar-refractivity contribution in [3.05, 3.63) is 38.8 Å². The SMILES string of the molecule is Cc1onc(-c2c(F)ccc(Cl)c2Br)c1C(=O)O. The van der Waals surface area contributed by atoms with Gasteiger partial charge in [-0.15, -0.1) is 0 Å². The molecule has 0 bridgehead atoms. The van der Waals surface area contributed by atoms with Gasteiger partial charge >= 0.3 is 5.97 Å². The molecule has 0 saturated carbocycles. The van der Waals surface area contributed by atoms with E-state index in [4.69, 9.17) is 21.2 Å². The van der Waals surface area contributed by atoms with Crippen LogP contribution in [-0.4, -0.2) is 16.2 Å². The molecule has 0 fully saturated rings. The Hall–Kier alpha value is -1.40. The fourth-order valence-electron chi connectivity index (χ4n) is 1.54. The van der Waals surface area contributed by atoms with Crippen molar-refractivity contribution < 1.29 is 18.8 Å². The van der Waals surface area contributed by atoms with Crippen molar-refractivity contribution in [3.63, 3.8) is 0 Å². The van der Waals surface area contributed by atoms with E-state index in [1.54, 1.807) is 0 Å². The van der Waals surface area contributed by atoms with E-state index in [0.717, 1.165) is 6.07 Å². The lowest BCUT2D eigenvalue weighted by molar-refractivity contribution is 0.0696. The van der Waals surface area contributed by atoms with E-state index in [1.807, 2.05) is 0 Å². The molecule has 0 aliphatic rings. The Morgan fingerprint density at radius 2 is 2.22 bits per heavy atom. The number of benzene rings is 1. The molecule has 1 aromatic heterocycles. The van der Waals surface area contributed by atoms with Crippen LogP contribution < -0.4 is 0 Å². The van der Waals surface area contributed by atoms with Gasteiger partial charge in [0.05, 0.1) is 10.6 Å². The summed E-state index contributed by atoms with van der Waals surface area (Å²) in [4.78, 5) is 11.1. The van der Waals surface area contributed by atoms with E-state index < -0.39 is 11.8 Å². The van der Waals surface area contributed by atoms with E-state index >= 15 is 0 Å². The lowest BCUT2D eigenvalue weighted by Crippen LogP contribution is -2.00. The molecular formula is C11H6BrClFNO3. The first-order valence-electron chi connectivity index (χ1n) is 4.77. The van der Waals surface area contributed by atoms with Crippen LogP contribution in [0, 0.1) is 12.7 Å². The molecule has 0 atom stereocenters. The summed E-state index contributed by atoms with van der Waals surface area (Å²) in [5.74, 6) is -1.78. The second-order valence-corrected chi connectivity index (χ2v) is 4.69. The highest BCUT2D eigenvalue weighted by molar-refractivity contribution is 9.10. The monoisotopic (exact) mass is 333 g/mol. The summed E-state index contributed by atoms with van der Waals surface area (Å²) < 4.78 is 18.8. The average Bonchev–Trinajstić information content (AvgIpc) is 2.66. The van der Waals surface area contributed by atoms with Gasteiger partial charge in [0.2, 0.25) is 0 Å². The van der Waals surface area contributed by atoms with Gasteiger partial charge in [-0.05, 0) is 35.0 Å². The van der Waals surface area contributed by atoms with Crippen molar-refractivity contribution in [2.75, 3.05) is 0 Å². The van der Waals surface area contributed by atoms with E-state index in [-0.39, 0.29) is 32.1 Å². The molecule has 2 rings (SSSR count). The minimum absolute atomic E-state index is 0.0308. The van der Waals surface area contributed by atoms with Gasteiger partial charge in [0.15, 0.2) is 0 Å². The minimum atomic E-state index is -1.24. The second-order valence-electron chi connectivity index (χ2n) is 3.49. The minimum Gasteiger partial charge on any atom is -0.477 e. The molecule has 0 unspecified atom stereocenters. The zero-order chi connectivity index (χ0) is 13.4. The first kappa shape index (κ1) is 13.0. The summed E-state index contributed by atoms with van der Waals surface area (Å²) >= 11 is 8.97. The lowest BCUT2D eigenvalue weighted by atomic mass is 10.1. The Bertz CT molecular complexity index is 641. The molecule has 7 heteroatoms. The number of hydrogen-bond donors (Lipinski definition) is 1. The van der Waals surface area contributed by atoms with Crippen LogP contribution in [0.3, 0.4) is 0 Å². The number of rotatable bonds is 2. The van der Waals surface area contributed by atoms with Crippen LogP contribution in [0.1, 0.15) is 16.1 Å². The standard InChI is InChI=1S/C11H6BrClFNO3/c1-4-7(11(16)17)10(15-18-4)8-6(14)3-2-5(13)9(8)12/h2-3H,1H3,(H,16,17). The molecule has 4 nitrogen and oxygen atoms in total. The van der Waals surface area contributed by atoms with Gasteiger partial charge in [-0.3, -0.25) is 0 Å². The van der Waals surface area contributed by atoms with Gasteiger partial charge in [-0.2, -0.15) is 0 Å². The third kappa shape index (κ3) is 2.02. The van der Waals surface area contributed by atoms with Crippen molar-refractivity contribution in [1.29, 1.82) is 0 Å². The van der Waals surface area contributed by atoms with Crippen molar-refractivity contribution in [2.45, 2.75) is 6.92 Å². The zero-order valence-electron chi connectivity index (χ0n) is 9.00. The van der Waals surface area contributed by atoms with Gasteiger partial charge in [0.25, 0.3) is 0 Å². The molecule has 94 valence electrons. The summed E-state index contributed by atoms with van der Waals surface area (Å²) in [5, 5.41) is 12.9. The van der Waals surface area contributed by atoms with Crippen molar-refractivity contribution in [2.24, 2.45) is 0 Å². The fraction of sp³-hybridized carbons (Fsp3) is 0.0909. The Balaban J connectivity index is 2.78. The molecular weight excluding hydrogens is 328 g/mol. The normalized spacial score (nSPS) is 10.7. The maximum atomic E-state index is 13.8. The van der Waals surface area contributed by atoms with Crippen LogP contribution in [-0.2, 0) is 0 Å². The lowest BCUT2D eigenvalue weighted by Gasteiger charge is -2.05. The summed E-state index contributed by atoms with van der Waals surface area (Å²) in [6, 6.07) is 2.50. The van der Waals surface area contributed by atoms with Crippen molar-refractivity contribution >= 4 is 33.5 Å². The predicted molar refractivity (Wildman–Crippen MR) is 66.3 cm³/mol. The molecule has 18 heavy (non-hydrogen) atoms. The quantitative estimate of drug-likeness (QED) is 0.846. The number of aromatic carboxylic acids is 1. The van der Waals surface area contributed by atoms with Crippen molar-refractivity contribution in [1.82, 2.24) is 5.16 Å². The topological polar surface area (TPSA) is 63.3 Å².